The predicted molar refractivity (Wildman–Crippen MR) is 148 cm³/mol. The summed E-state index contributed by atoms with van der Waals surface area (Å²) in [6.07, 6.45) is 1.92. The van der Waals surface area contributed by atoms with Crippen molar-refractivity contribution in [2.75, 3.05) is 0 Å². The van der Waals surface area contributed by atoms with Crippen molar-refractivity contribution in [3.63, 3.8) is 0 Å². The van der Waals surface area contributed by atoms with Gasteiger partial charge in [0.15, 0.2) is 0 Å². The molecule has 0 radical (unpaired) electrons. The Labute approximate surface area is 240 Å². The van der Waals surface area contributed by atoms with Crippen molar-refractivity contribution in [3.05, 3.63) is 83.9 Å². The maximum absolute atomic E-state index is 13.3. The Kier molecular flexibility index (Phi) is 11.1. The van der Waals surface area contributed by atoms with Crippen molar-refractivity contribution < 1.29 is 39.3 Å². The summed E-state index contributed by atoms with van der Waals surface area (Å²) in [5.74, 6) is -5.38. The van der Waals surface area contributed by atoms with Crippen molar-refractivity contribution in [1.29, 1.82) is 0 Å². The lowest BCUT2D eigenvalue weighted by Crippen LogP contribution is -2.58. The van der Waals surface area contributed by atoms with Crippen LogP contribution >= 0.6 is 0 Å². The fraction of sp³-hybridized carbons (Fsp3) is 0.286. The van der Waals surface area contributed by atoms with Crippen LogP contribution in [0.1, 0.15) is 23.2 Å². The highest BCUT2D eigenvalue weighted by molar-refractivity contribution is 5.95. The van der Waals surface area contributed by atoms with Crippen molar-refractivity contribution in [3.8, 4) is 5.75 Å². The number of phenols is 1. The van der Waals surface area contributed by atoms with Gasteiger partial charge in [-0.1, -0.05) is 42.5 Å². The molecule has 0 saturated heterocycles. The smallest absolute Gasteiger partial charge is 0.326 e. The molecule has 0 bridgehead atoms. The molecule has 14 nitrogen and oxygen atoms in total. The molecule has 0 saturated carbocycles. The molecule has 3 rings (SSSR count). The number of carboxylic acids is 2. The highest BCUT2D eigenvalue weighted by Gasteiger charge is 2.32. The van der Waals surface area contributed by atoms with Gasteiger partial charge in [-0.25, -0.2) is 9.78 Å². The lowest BCUT2D eigenvalue weighted by molar-refractivity contribution is -0.143. The highest BCUT2D eigenvalue weighted by Crippen LogP contribution is 2.13. The van der Waals surface area contributed by atoms with Gasteiger partial charge in [-0.15, -0.1) is 0 Å². The number of amides is 3. The molecule has 9 N–H and O–H groups in total. The second-order valence-electron chi connectivity index (χ2n) is 9.57. The molecule has 14 heteroatoms. The third-order valence-corrected chi connectivity index (χ3v) is 6.25. The number of phenolic OH excluding ortho intramolecular Hbond substituents is 1. The monoisotopic (exact) mass is 580 g/mol. The van der Waals surface area contributed by atoms with Crippen LogP contribution in [0.5, 0.6) is 5.75 Å². The minimum atomic E-state index is -1.60. The summed E-state index contributed by atoms with van der Waals surface area (Å²) < 4.78 is 0. The number of aromatic hydroxyl groups is 1. The van der Waals surface area contributed by atoms with Crippen LogP contribution in [0.3, 0.4) is 0 Å². The lowest BCUT2D eigenvalue weighted by atomic mass is 10.0. The van der Waals surface area contributed by atoms with Crippen LogP contribution < -0.4 is 21.7 Å². The largest absolute Gasteiger partial charge is 0.508 e. The number of nitrogens with zero attached hydrogens (tertiary/aromatic N) is 1. The second kappa shape index (κ2) is 14.9. The number of H-pyrrole nitrogens is 1. The molecule has 2 aromatic carbocycles. The van der Waals surface area contributed by atoms with Crippen molar-refractivity contribution >= 4 is 29.7 Å². The van der Waals surface area contributed by atoms with Crippen LogP contribution in [0.25, 0.3) is 0 Å². The van der Waals surface area contributed by atoms with Gasteiger partial charge in [0.1, 0.15) is 23.9 Å². The summed E-state index contributed by atoms with van der Waals surface area (Å²) in [5, 5.41) is 35.9. The Hall–Kier alpha value is -5.24. The first-order valence-electron chi connectivity index (χ1n) is 12.9. The summed E-state index contributed by atoms with van der Waals surface area (Å²) in [6.45, 7) is 0. The summed E-state index contributed by atoms with van der Waals surface area (Å²) in [5.41, 5.74) is 7.62. The van der Waals surface area contributed by atoms with Gasteiger partial charge in [0.2, 0.25) is 17.7 Å². The number of carbonyl (C=O) groups excluding carboxylic acids is 3. The zero-order valence-corrected chi connectivity index (χ0v) is 22.4. The van der Waals surface area contributed by atoms with E-state index in [1.54, 1.807) is 30.3 Å². The highest BCUT2D eigenvalue weighted by atomic mass is 16.4. The second-order valence-corrected chi connectivity index (χ2v) is 9.57. The van der Waals surface area contributed by atoms with E-state index in [1.165, 1.54) is 36.8 Å². The molecule has 222 valence electrons. The Balaban J connectivity index is 1.78. The predicted octanol–water partition coefficient (Wildman–Crippen LogP) is -0.516. The van der Waals surface area contributed by atoms with Gasteiger partial charge in [0.05, 0.1) is 18.8 Å². The molecule has 0 aliphatic rings. The van der Waals surface area contributed by atoms with Crippen molar-refractivity contribution in [2.45, 2.75) is 49.9 Å². The molecule has 0 spiro atoms. The molecule has 0 aliphatic carbocycles. The summed E-state index contributed by atoms with van der Waals surface area (Å²) in [7, 11) is 0. The van der Waals surface area contributed by atoms with E-state index in [4.69, 9.17) is 5.73 Å². The number of nitrogens with two attached hydrogens (primary N) is 1. The van der Waals surface area contributed by atoms with Gasteiger partial charge in [0, 0.05) is 31.2 Å². The van der Waals surface area contributed by atoms with E-state index in [9.17, 15) is 39.3 Å². The van der Waals surface area contributed by atoms with Gasteiger partial charge in [0.25, 0.3) is 0 Å². The fourth-order valence-corrected chi connectivity index (χ4v) is 4.06. The van der Waals surface area contributed by atoms with Crippen molar-refractivity contribution in [2.24, 2.45) is 5.73 Å². The third kappa shape index (κ3) is 9.75. The maximum Gasteiger partial charge on any atom is 0.326 e. The average Bonchev–Trinajstić information content (AvgIpc) is 3.46. The van der Waals surface area contributed by atoms with Gasteiger partial charge in [-0.3, -0.25) is 19.2 Å². The van der Waals surface area contributed by atoms with E-state index in [0.29, 0.717) is 16.8 Å². The van der Waals surface area contributed by atoms with E-state index >= 15 is 0 Å². The average molecular weight is 581 g/mol. The number of aromatic nitrogens is 2. The number of hydrogen-bond acceptors (Lipinski definition) is 8. The molecule has 1 aromatic heterocycles. The minimum Gasteiger partial charge on any atom is -0.508 e. The van der Waals surface area contributed by atoms with Crippen LogP contribution in [0.4, 0.5) is 0 Å². The van der Waals surface area contributed by atoms with Crippen LogP contribution in [-0.2, 0) is 43.2 Å². The van der Waals surface area contributed by atoms with E-state index in [-0.39, 0.29) is 25.0 Å². The zero-order valence-electron chi connectivity index (χ0n) is 22.4. The van der Waals surface area contributed by atoms with Crippen molar-refractivity contribution in [1.82, 2.24) is 25.9 Å². The number of carboxylic acid groups (broad SMARTS) is 2. The van der Waals surface area contributed by atoms with Gasteiger partial charge in [-0.2, -0.15) is 0 Å². The number of carbonyl (C=O) groups is 5. The van der Waals surface area contributed by atoms with E-state index in [1.807, 2.05) is 0 Å². The van der Waals surface area contributed by atoms with E-state index in [2.05, 4.69) is 25.9 Å². The first-order chi connectivity index (χ1) is 20.0. The quantitative estimate of drug-likeness (QED) is 0.114. The molecule has 4 unspecified atom stereocenters. The normalized spacial score (nSPS) is 13.6. The molecule has 1 heterocycles. The minimum absolute atomic E-state index is 0.0340. The van der Waals surface area contributed by atoms with Gasteiger partial charge < -0.3 is 42.0 Å². The number of imidazole rings is 1. The van der Waals surface area contributed by atoms with E-state index in [0.717, 1.165) is 0 Å². The van der Waals surface area contributed by atoms with E-state index < -0.39 is 60.2 Å². The molecule has 4 atom stereocenters. The van der Waals surface area contributed by atoms with Crippen LogP contribution in [0, 0.1) is 0 Å². The molecule has 0 fully saturated rings. The van der Waals surface area contributed by atoms with Gasteiger partial charge in [-0.05, 0) is 23.3 Å². The summed E-state index contributed by atoms with van der Waals surface area (Å²) in [6, 6.07) is 8.92. The number of nitrogens with one attached hydrogen (secondary N) is 4. The SMILES string of the molecule is NC(Cc1cnc[nH]1)C(=O)NC(CC(=O)O)C(=O)NC(Cc1ccc(O)cc1)C(=O)NC(Cc1ccccc1)C(=O)O. The standard InChI is InChI=1S/C28H32N6O8/c29-20(12-18-14-30-15-31-18)25(38)32-22(13-24(36)37)27(40)33-21(10-17-6-8-19(35)9-7-17)26(39)34-23(28(41)42)11-16-4-2-1-3-5-16/h1-9,14-15,20-23,35H,10-13,29H2,(H,30,31)(H,32,38)(H,33,40)(H,34,39)(H,36,37)(H,41,42). The summed E-state index contributed by atoms with van der Waals surface area (Å²) >= 11 is 0. The lowest BCUT2D eigenvalue weighted by Gasteiger charge is -2.25. The number of aliphatic carboxylic acids is 2. The van der Waals surface area contributed by atoms with Crippen LogP contribution in [0.15, 0.2) is 67.1 Å². The Morgan fingerprint density at radius 3 is 1.93 bits per heavy atom. The van der Waals surface area contributed by atoms with Crippen LogP contribution in [-0.4, -0.2) is 79.1 Å². The first-order valence-corrected chi connectivity index (χ1v) is 12.9. The Morgan fingerprint density at radius 1 is 0.762 bits per heavy atom. The summed E-state index contributed by atoms with van der Waals surface area (Å²) in [4.78, 5) is 69.4. The number of benzene rings is 2. The molecule has 0 aliphatic heterocycles. The molecule has 42 heavy (non-hydrogen) atoms. The van der Waals surface area contributed by atoms with Crippen LogP contribution in [0.2, 0.25) is 0 Å². The molecule has 3 aromatic rings. The molecular formula is C28H32N6O8. The fourth-order valence-electron chi connectivity index (χ4n) is 4.06. The van der Waals surface area contributed by atoms with Gasteiger partial charge >= 0.3 is 11.9 Å². The Morgan fingerprint density at radius 2 is 1.33 bits per heavy atom. The number of hydrogen-bond donors (Lipinski definition) is 8. The third-order valence-electron chi connectivity index (χ3n) is 6.25. The zero-order chi connectivity index (χ0) is 30.6. The molecular weight excluding hydrogens is 548 g/mol. The number of rotatable bonds is 15. The number of aromatic amines is 1. The molecule has 3 amide bonds. The maximum atomic E-state index is 13.3. The first kappa shape index (κ1) is 31.3. The Bertz CT molecular complexity index is 1360. The topological polar surface area (TPSA) is 237 Å².